The lowest BCUT2D eigenvalue weighted by Gasteiger charge is -2.15. The predicted molar refractivity (Wildman–Crippen MR) is 96.6 cm³/mol. The van der Waals surface area contributed by atoms with Crippen molar-refractivity contribution >= 4 is 5.91 Å². The van der Waals surface area contributed by atoms with Crippen LogP contribution in [0.1, 0.15) is 28.3 Å². The summed E-state index contributed by atoms with van der Waals surface area (Å²) >= 11 is 0. The van der Waals surface area contributed by atoms with Crippen molar-refractivity contribution < 1.29 is 9.53 Å². The lowest BCUT2D eigenvalue weighted by Crippen LogP contribution is -2.29. The Morgan fingerprint density at radius 2 is 2.16 bits per heavy atom. The predicted octanol–water partition coefficient (Wildman–Crippen LogP) is 1.13. The Morgan fingerprint density at radius 3 is 2.80 bits per heavy atom. The third kappa shape index (κ3) is 4.90. The van der Waals surface area contributed by atoms with Crippen LogP contribution in [-0.4, -0.2) is 71.2 Å². The van der Waals surface area contributed by atoms with Crippen LogP contribution in [0.25, 0.3) is 11.3 Å². The van der Waals surface area contributed by atoms with Crippen LogP contribution in [0.15, 0.2) is 6.07 Å². The van der Waals surface area contributed by atoms with Crippen LogP contribution in [0.2, 0.25) is 0 Å². The lowest BCUT2D eigenvalue weighted by molar-refractivity contribution is 0.0946. The summed E-state index contributed by atoms with van der Waals surface area (Å²) < 4.78 is 6.86. The number of H-pyrrole nitrogens is 1. The minimum Gasteiger partial charge on any atom is -0.383 e. The van der Waals surface area contributed by atoms with Gasteiger partial charge in [-0.1, -0.05) is 0 Å². The van der Waals surface area contributed by atoms with Gasteiger partial charge >= 0.3 is 0 Å². The van der Waals surface area contributed by atoms with Gasteiger partial charge in [0, 0.05) is 38.5 Å². The second kappa shape index (κ2) is 8.77. The fourth-order valence-electron chi connectivity index (χ4n) is 2.72. The highest BCUT2D eigenvalue weighted by Gasteiger charge is 2.16. The number of aromatic nitrogens is 4. The van der Waals surface area contributed by atoms with Crippen LogP contribution >= 0.6 is 0 Å². The number of nitrogens with one attached hydrogen (secondary N) is 2. The van der Waals surface area contributed by atoms with Gasteiger partial charge in [0.15, 0.2) is 0 Å². The number of aromatic amines is 1. The van der Waals surface area contributed by atoms with Gasteiger partial charge in [-0.15, -0.1) is 0 Å². The fourth-order valence-corrected chi connectivity index (χ4v) is 2.72. The monoisotopic (exact) mass is 348 g/mol. The third-order valence-corrected chi connectivity index (χ3v) is 4.27. The normalized spacial score (nSPS) is 11.3. The zero-order valence-electron chi connectivity index (χ0n) is 15.7. The standard InChI is InChI=1S/C17H28N6O2/c1-12-16(13(2)23(4)21-12)14-11-15(20-19-14)17(24)18-7-6-8-22(3)9-10-25-5/h11H,6-10H2,1-5H3,(H,18,24)(H,19,20). The second-order valence-corrected chi connectivity index (χ2v) is 6.24. The smallest absolute Gasteiger partial charge is 0.269 e. The maximum Gasteiger partial charge on any atom is 0.269 e. The summed E-state index contributed by atoms with van der Waals surface area (Å²) in [6.45, 7) is 7.06. The number of carbonyl (C=O) groups is 1. The van der Waals surface area contributed by atoms with E-state index in [0.717, 1.165) is 42.2 Å². The topological polar surface area (TPSA) is 88.1 Å². The van der Waals surface area contributed by atoms with Crippen molar-refractivity contribution in [3.8, 4) is 11.3 Å². The molecule has 0 saturated carbocycles. The van der Waals surface area contributed by atoms with Gasteiger partial charge in [-0.3, -0.25) is 14.6 Å². The van der Waals surface area contributed by atoms with Crippen molar-refractivity contribution in [3.05, 3.63) is 23.1 Å². The molecule has 25 heavy (non-hydrogen) atoms. The maximum atomic E-state index is 12.2. The SMILES string of the molecule is COCCN(C)CCCNC(=O)c1cc(-c2c(C)nn(C)c2C)n[nH]1. The van der Waals surface area contributed by atoms with Gasteiger partial charge < -0.3 is 15.0 Å². The molecule has 0 aromatic carbocycles. The Bertz CT molecular complexity index is 706. The van der Waals surface area contributed by atoms with E-state index in [1.807, 2.05) is 32.6 Å². The first-order valence-electron chi connectivity index (χ1n) is 8.45. The number of rotatable bonds is 9. The minimum atomic E-state index is -0.141. The molecule has 0 saturated heterocycles. The Morgan fingerprint density at radius 1 is 1.40 bits per heavy atom. The quantitative estimate of drug-likeness (QED) is 0.663. The van der Waals surface area contributed by atoms with Gasteiger partial charge in [-0.25, -0.2) is 0 Å². The number of aryl methyl sites for hydroxylation is 2. The van der Waals surface area contributed by atoms with Crippen molar-refractivity contribution in [1.29, 1.82) is 0 Å². The number of nitrogens with zero attached hydrogens (tertiary/aromatic N) is 4. The van der Waals surface area contributed by atoms with E-state index in [0.29, 0.717) is 18.8 Å². The summed E-state index contributed by atoms with van der Waals surface area (Å²) in [4.78, 5) is 14.4. The molecular formula is C17H28N6O2. The number of carbonyl (C=O) groups excluding carboxylic acids is 1. The number of amides is 1. The molecule has 0 aliphatic heterocycles. The molecule has 1 amide bonds. The Labute approximate surface area is 148 Å². The molecule has 0 unspecified atom stereocenters. The molecule has 2 N–H and O–H groups in total. The first-order chi connectivity index (χ1) is 11.9. The van der Waals surface area contributed by atoms with Crippen LogP contribution in [0.4, 0.5) is 0 Å². The number of methoxy groups -OCH3 is 1. The molecule has 8 heteroatoms. The van der Waals surface area contributed by atoms with E-state index in [-0.39, 0.29) is 5.91 Å². The number of hydrogen-bond donors (Lipinski definition) is 2. The van der Waals surface area contributed by atoms with Gasteiger partial charge in [0.05, 0.1) is 18.0 Å². The van der Waals surface area contributed by atoms with E-state index < -0.39 is 0 Å². The van der Waals surface area contributed by atoms with Gasteiger partial charge in [0.1, 0.15) is 5.69 Å². The second-order valence-electron chi connectivity index (χ2n) is 6.24. The average Bonchev–Trinajstić information content (AvgIpc) is 3.14. The highest BCUT2D eigenvalue weighted by atomic mass is 16.5. The van der Waals surface area contributed by atoms with E-state index in [1.54, 1.807) is 13.2 Å². The van der Waals surface area contributed by atoms with Gasteiger partial charge in [-0.05, 0) is 39.9 Å². The van der Waals surface area contributed by atoms with E-state index in [4.69, 9.17) is 4.74 Å². The number of ether oxygens (including phenoxy) is 1. The minimum absolute atomic E-state index is 0.141. The van der Waals surface area contributed by atoms with Gasteiger partial charge in [0.25, 0.3) is 5.91 Å². The van der Waals surface area contributed by atoms with Crippen molar-refractivity contribution in [1.82, 2.24) is 30.2 Å². The summed E-state index contributed by atoms with van der Waals surface area (Å²) in [5, 5.41) is 14.4. The molecule has 0 aliphatic carbocycles. The molecule has 0 spiro atoms. The molecule has 2 aromatic heterocycles. The molecule has 0 aliphatic rings. The average molecular weight is 348 g/mol. The summed E-state index contributed by atoms with van der Waals surface area (Å²) in [6, 6.07) is 1.77. The van der Waals surface area contributed by atoms with Crippen molar-refractivity contribution in [2.75, 3.05) is 40.4 Å². The number of hydrogen-bond acceptors (Lipinski definition) is 5. The summed E-state index contributed by atoms with van der Waals surface area (Å²) in [6.07, 6.45) is 0.883. The van der Waals surface area contributed by atoms with E-state index in [1.165, 1.54) is 0 Å². The van der Waals surface area contributed by atoms with Crippen LogP contribution in [0, 0.1) is 13.8 Å². The van der Waals surface area contributed by atoms with E-state index in [9.17, 15) is 4.79 Å². The molecular weight excluding hydrogens is 320 g/mol. The van der Waals surface area contributed by atoms with E-state index >= 15 is 0 Å². The molecule has 0 bridgehead atoms. The Kier molecular flexibility index (Phi) is 6.72. The van der Waals surface area contributed by atoms with Crippen LogP contribution in [0.3, 0.4) is 0 Å². The van der Waals surface area contributed by atoms with Crippen molar-refractivity contribution in [2.24, 2.45) is 7.05 Å². The van der Waals surface area contributed by atoms with Gasteiger partial charge in [0.2, 0.25) is 0 Å². The van der Waals surface area contributed by atoms with Gasteiger partial charge in [-0.2, -0.15) is 10.2 Å². The largest absolute Gasteiger partial charge is 0.383 e. The fraction of sp³-hybridized carbons (Fsp3) is 0.588. The molecule has 2 rings (SSSR count). The Balaban J connectivity index is 1.86. The molecule has 2 heterocycles. The zero-order chi connectivity index (χ0) is 18.4. The zero-order valence-corrected chi connectivity index (χ0v) is 15.7. The molecule has 0 radical (unpaired) electrons. The Hall–Kier alpha value is -2.19. The van der Waals surface area contributed by atoms with Crippen LogP contribution < -0.4 is 5.32 Å². The molecule has 0 fully saturated rings. The summed E-state index contributed by atoms with van der Waals surface area (Å²) in [7, 11) is 5.64. The maximum absolute atomic E-state index is 12.2. The van der Waals surface area contributed by atoms with Crippen molar-refractivity contribution in [3.63, 3.8) is 0 Å². The molecule has 8 nitrogen and oxygen atoms in total. The molecule has 0 atom stereocenters. The number of likely N-dealkylation sites (N-methyl/N-ethyl adjacent to an activating group) is 1. The lowest BCUT2D eigenvalue weighted by atomic mass is 10.1. The highest BCUT2D eigenvalue weighted by Crippen LogP contribution is 2.25. The third-order valence-electron chi connectivity index (χ3n) is 4.27. The summed E-state index contributed by atoms with van der Waals surface area (Å²) in [5.74, 6) is -0.141. The van der Waals surface area contributed by atoms with Crippen molar-refractivity contribution in [2.45, 2.75) is 20.3 Å². The van der Waals surface area contributed by atoms with Crippen LogP contribution in [0.5, 0.6) is 0 Å². The molecule has 138 valence electrons. The first kappa shape index (κ1) is 19.1. The van der Waals surface area contributed by atoms with E-state index in [2.05, 4.69) is 25.5 Å². The van der Waals surface area contributed by atoms with Crippen LogP contribution in [-0.2, 0) is 11.8 Å². The summed E-state index contributed by atoms with van der Waals surface area (Å²) in [5.41, 5.74) is 4.10. The molecule has 2 aromatic rings. The first-order valence-corrected chi connectivity index (χ1v) is 8.45. The highest BCUT2D eigenvalue weighted by molar-refractivity contribution is 5.93.